The number of aromatic nitrogens is 2. The van der Waals surface area contributed by atoms with Crippen molar-refractivity contribution in [2.75, 3.05) is 0 Å². The molecule has 0 aliphatic heterocycles. The molecular formula is C15H13BCl2N2O2. The minimum atomic E-state index is -1.45. The zero-order chi connectivity index (χ0) is 15.9. The number of hydrogen-bond acceptors (Lipinski definition) is 3. The molecule has 0 atom stereocenters. The fraction of sp³-hybridized carbons (Fsp3) is 0.133. The Labute approximate surface area is 138 Å². The molecule has 0 bridgehead atoms. The zero-order valence-electron chi connectivity index (χ0n) is 11.8. The zero-order valence-corrected chi connectivity index (χ0v) is 13.3. The van der Waals surface area contributed by atoms with Crippen LogP contribution >= 0.6 is 23.2 Å². The maximum absolute atomic E-state index is 9.13. The van der Waals surface area contributed by atoms with Gasteiger partial charge in [-0.1, -0.05) is 47.5 Å². The van der Waals surface area contributed by atoms with Crippen molar-refractivity contribution in [2.45, 2.75) is 13.5 Å². The van der Waals surface area contributed by atoms with Gasteiger partial charge in [-0.15, -0.1) is 0 Å². The molecule has 1 aromatic heterocycles. The number of hydrogen-bond donors (Lipinski definition) is 2. The molecule has 0 amide bonds. The van der Waals surface area contributed by atoms with Gasteiger partial charge in [0.25, 0.3) is 0 Å². The highest BCUT2D eigenvalue weighted by Crippen LogP contribution is 2.28. The lowest BCUT2D eigenvalue weighted by atomic mass is 9.80. The Morgan fingerprint density at radius 1 is 1.09 bits per heavy atom. The van der Waals surface area contributed by atoms with E-state index in [0.717, 1.165) is 22.4 Å². The second-order valence-electron chi connectivity index (χ2n) is 5.12. The van der Waals surface area contributed by atoms with Gasteiger partial charge in [-0.2, -0.15) is 0 Å². The Morgan fingerprint density at radius 2 is 1.73 bits per heavy atom. The highest BCUT2D eigenvalue weighted by atomic mass is 35.5. The topological polar surface area (TPSA) is 58.3 Å². The van der Waals surface area contributed by atoms with Crippen molar-refractivity contribution in [3.8, 4) is 0 Å². The van der Waals surface area contributed by atoms with Gasteiger partial charge in [0.05, 0.1) is 21.1 Å². The van der Waals surface area contributed by atoms with Gasteiger partial charge in [0.1, 0.15) is 5.82 Å². The van der Waals surface area contributed by atoms with Gasteiger partial charge in [0.15, 0.2) is 0 Å². The summed E-state index contributed by atoms with van der Waals surface area (Å²) in [5.41, 5.74) is 3.20. The summed E-state index contributed by atoms with van der Waals surface area (Å²) >= 11 is 12.1. The smallest absolute Gasteiger partial charge is 0.423 e. The van der Waals surface area contributed by atoms with Gasteiger partial charge in [-0.05, 0) is 30.1 Å². The van der Waals surface area contributed by atoms with E-state index in [1.807, 2.05) is 29.7 Å². The van der Waals surface area contributed by atoms with Gasteiger partial charge < -0.3 is 14.6 Å². The van der Waals surface area contributed by atoms with Crippen molar-refractivity contribution >= 4 is 46.8 Å². The molecule has 2 N–H and O–H groups in total. The Bertz CT molecular complexity index is 832. The van der Waals surface area contributed by atoms with E-state index in [-0.39, 0.29) is 0 Å². The van der Waals surface area contributed by atoms with Gasteiger partial charge in [-0.3, -0.25) is 0 Å². The molecule has 0 aliphatic rings. The van der Waals surface area contributed by atoms with Crippen LogP contribution in [0.4, 0.5) is 0 Å². The van der Waals surface area contributed by atoms with Gasteiger partial charge in [-0.25, -0.2) is 4.98 Å². The highest BCUT2D eigenvalue weighted by molar-refractivity contribution is 6.58. The summed E-state index contributed by atoms with van der Waals surface area (Å²) in [5.74, 6) is 0.861. The van der Waals surface area contributed by atoms with Crippen LogP contribution in [0.5, 0.6) is 0 Å². The van der Waals surface area contributed by atoms with E-state index in [1.165, 1.54) is 0 Å². The lowest BCUT2D eigenvalue weighted by Gasteiger charge is -2.08. The normalized spacial score (nSPS) is 11.1. The summed E-state index contributed by atoms with van der Waals surface area (Å²) in [4.78, 5) is 4.50. The fourth-order valence-corrected chi connectivity index (χ4v) is 2.73. The Kier molecular flexibility index (Phi) is 4.15. The molecule has 2 aromatic carbocycles. The Balaban J connectivity index is 1.99. The maximum Gasteiger partial charge on any atom is 0.488 e. The third kappa shape index (κ3) is 2.85. The molecule has 0 unspecified atom stereocenters. The lowest BCUT2D eigenvalue weighted by molar-refractivity contribution is 0.426. The minimum Gasteiger partial charge on any atom is -0.423 e. The van der Waals surface area contributed by atoms with Gasteiger partial charge in [0.2, 0.25) is 0 Å². The molecule has 0 spiro atoms. The second kappa shape index (κ2) is 5.93. The first kappa shape index (κ1) is 15.4. The van der Waals surface area contributed by atoms with Crippen LogP contribution in [0.1, 0.15) is 11.4 Å². The lowest BCUT2D eigenvalue weighted by Crippen LogP contribution is -2.29. The second-order valence-corrected chi connectivity index (χ2v) is 5.93. The van der Waals surface area contributed by atoms with Crippen molar-refractivity contribution in [2.24, 2.45) is 0 Å². The monoisotopic (exact) mass is 334 g/mol. The van der Waals surface area contributed by atoms with Crippen LogP contribution in [0.15, 0.2) is 36.4 Å². The van der Waals surface area contributed by atoms with Crippen LogP contribution < -0.4 is 5.46 Å². The van der Waals surface area contributed by atoms with E-state index >= 15 is 0 Å². The first-order valence-electron chi connectivity index (χ1n) is 6.72. The van der Waals surface area contributed by atoms with Crippen LogP contribution in [0.25, 0.3) is 11.0 Å². The van der Waals surface area contributed by atoms with Crippen molar-refractivity contribution in [1.82, 2.24) is 9.55 Å². The summed E-state index contributed by atoms with van der Waals surface area (Å²) in [5, 5.41) is 19.2. The third-order valence-corrected chi connectivity index (χ3v) is 4.32. The summed E-state index contributed by atoms with van der Waals surface area (Å²) in [6.45, 7) is 2.54. The van der Waals surface area contributed by atoms with Crippen LogP contribution in [-0.4, -0.2) is 26.7 Å². The highest BCUT2D eigenvalue weighted by Gasteiger charge is 2.12. The number of imidazole rings is 1. The largest absolute Gasteiger partial charge is 0.488 e. The molecule has 0 saturated heterocycles. The standard InChI is InChI=1S/C15H13BCl2N2O2/c1-9-19-14-6-12(17)13(18)7-15(14)20(9)8-10-2-4-11(5-3-10)16(21)22/h2-7,21-22H,8H2,1H3. The molecule has 1 heterocycles. The van der Waals surface area contributed by atoms with E-state index in [1.54, 1.807) is 18.2 Å². The third-order valence-electron chi connectivity index (χ3n) is 3.60. The number of rotatable bonds is 3. The average molecular weight is 335 g/mol. The predicted octanol–water partition coefficient (Wildman–Crippen LogP) is 2.38. The predicted molar refractivity (Wildman–Crippen MR) is 89.9 cm³/mol. The number of halogens is 2. The van der Waals surface area contributed by atoms with Gasteiger partial charge >= 0.3 is 7.12 Å². The first-order valence-corrected chi connectivity index (χ1v) is 7.48. The van der Waals surface area contributed by atoms with Crippen LogP contribution in [0, 0.1) is 6.92 Å². The summed E-state index contributed by atoms with van der Waals surface area (Å²) < 4.78 is 2.04. The molecule has 0 fully saturated rings. The molecule has 7 heteroatoms. The minimum absolute atomic E-state index is 0.464. The average Bonchev–Trinajstić information content (AvgIpc) is 2.76. The number of aryl methyl sites for hydroxylation is 1. The molecule has 0 saturated carbocycles. The van der Waals surface area contributed by atoms with Crippen LogP contribution in [0.3, 0.4) is 0 Å². The van der Waals surface area contributed by atoms with Gasteiger partial charge in [0, 0.05) is 6.54 Å². The molecule has 3 rings (SSSR count). The summed E-state index contributed by atoms with van der Waals surface area (Å²) in [6.07, 6.45) is 0. The number of fused-ring (bicyclic) bond motifs is 1. The molecule has 4 nitrogen and oxygen atoms in total. The maximum atomic E-state index is 9.13. The number of nitrogens with zero attached hydrogens (tertiary/aromatic N) is 2. The van der Waals surface area contributed by atoms with Crippen LogP contribution in [0.2, 0.25) is 10.0 Å². The van der Waals surface area contributed by atoms with Crippen molar-refractivity contribution in [3.63, 3.8) is 0 Å². The van der Waals surface area contributed by atoms with E-state index in [4.69, 9.17) is 33.2 Å². The van der Waals surface area contributed by atoms with E-state index < -0.39 is 7.12 Å². The Hall–Kier alpha value is -1.53. The fourth-order valence-electron chi connectivity index (χ4n) is 2.42. The summed E-state index contributed by atoms with van der Waals surface area (Å²) in [7, 11) is -1.45. The first-order chi connectivity index (χ1) is 10.5. The van der Waals surface area contributed by atoms with Crippen molar-refractivity contribution in [1.29, 1.82) is 0 Å². The molecule has 112 valence electrons. The molecule has 0 aliphatic carbocycles. The van der Waals surface area contributed by atoms with E-state index in [2.05, 4.69) is 4.98 Å². The number of benzene rings is 2. The molecular weight excluding hydrogens is 322 g/mol. The summed E-state index contributed by atoms with van der Waals surface area (Å²) in [6, 6.07) is 10.7. The molecule has 3 aromatic rings. The van der Waals surface area contributed by atoms with Crippen LogP contribution in [-0.2, 0) is 6.54 Å². The van der Waals surface area contributed by atoms with E-state index in [0.29, 0.717) is 22.1 Å². The molecule has 0 radical (unpaired) electrons. The molecule has 22 heavy (non-hydrogen) atoms. The SMILES string of the molecule is Cc1nc2cc(Cl)c(Cl)cc2n1Cc1ccc(B(O)O)cc1. The Morgan fingerprint density at radius 3 is 2.36 bits per heavy atom. The van der Waals surface area contributed by atoms with Crippen molar-refractivity contribution in [3.05, 3.63) is 57.8 Å². The van der Waals surface area contributed by atoms with E-state index in [9.17, 15) is 0 Å². The quantitative estimate of drug-likeness (QED) is 0.723. The van der Waals surface area contributed by atoms with Crippen molar-refractivity contribution < 1.29 is 10.0 Å².